The minimum atomic E-state index is 0.00525. The molecule has 2 amide bonds. The lowest BCUT2D eigenvalue weighted by atomic mass is 10.0. The molecule has 1 aromatic carbocycles. The molecule has 2 fully saturated rings. The van der Waals surface area contributed by atoms with Crippen molar-refractivity contribution in [2.45, 2.75) is 26.2 Å². The van der Waals surface area contributed by atoms with E-state index in [1.807, 2.05) is 23.1 Å². The third-order valence-electron chi connectivity index (χ3n) is 5.12. The average molecular weight is 329 g/mol. The third-order valence-corrected chi connectivity index (χ3v) is 5.12. The highest BCUT2D eigenvalue weighted by molar-refractivity contribution is 5.85. The van der Waals surface area contributed by atoms with E-state index in [0.29, 0.717) is 25.4 Å². The molecule has 1 N–H and O–H groups in total. The predicted molar refractivity (Wildman–Crippen MR) is 94.7 cm³/mol. The van der Waals surface area contributed by atoms with Crippen LogP contribution in [0.2, 0.25) is 0 Å². The largest absolute Gasteiger partial charge is 0.368 e. The summed E-state index contributed by atoms with van der Waals surface area (Å²) in [7, 11) is 0. The van der Waals surface area contributed by atoms with Gasteiger partial charge in [-0.1, -0.05) is 25.1 Å². The van der Waals surface area contributed by atoms with Crippen LogP contribution in [-0.2, 0) is 9.59 Å². The maximum Gasteiger partial charge on any atom is 0.242 e. The molecule has 0 aromatic heterocycles. The molecule has 3 rings (SSSR count). The number of benzene rings is 1. The maximum atomic E-state index is 12.3. The van der Waals surface area contributed by atoms with Gasteiger partial charge >= 0.3 is 0 Å². The summed E-state index contributed by atoms with van der Waals surface area (Å²) in [5.41, 5.74) is 1.20. The Bertz CT molecular complexity index is 563. The van der Waals surface area contributed by atoms with Crippen LogP contribution in [0.15, 0.2) is 30.3 Å². The Hall–Kier alpha value is -2.04. The molecule has 0 spiro atoms. The normalized spacial score (nSPS) is 19.0. The molecule has 5 nitrogen and oxygen atoms in total. The summed E-state index contributed by atoms with van der Waals surface area (Å²) in [6.45, 7) is 5.35. The van der Waals surface area contributed by atoms with E-state index in [0.717, 1.165) is 19.0 Å². The first kappa shape index (κ1) is 16.8. The highest BCUT2D eigenvalue weighted by atomic mass is 16.2. The molecular formula is C19H27N3O2. The fourth-order valence-electron chi connectivity index (χ4n) is 3.34. The number of carbonyl (C=O) groups excluding carboxylic acids is 2. The number of nitrogens with zero attached hydrogens (tertiary/aromatic N) is 2. The summed E-state index contributed by atoms with van der Waals surface area (Å²) in [5, 5.41) is 2.79. The maximum absolute atomic E-state index is 12.3. The second-order valence-electron chi connectivity index (χ2n) is 7.00. The number of anilines is 1. The van der Waals surface area contributed by atoms with Crippen LogP contribution in [0.4, 0.5) is 5.69 Å². The van der Waals surface area contributed by atoms with E-state index in [-0.39, 0.29) is 18.4 Å². The molecule has 1 saturated carbocycles. The van der Waals surface area contributed by atoms with Crippen molar-refractivity contribution in [3.63, 3.8) is 0 Å². The van der Waals surface area contributed by atoms with Gasteiger partial charge in [-0.05, 0) is 36.8 Å². The predicted octanol–water partition coefficient (Wildman–Crippen LogP) is 1.89. The fourth-order valence-corrected chi connectivity index (χ4v) is 3.34. The topological polar surface area (TPSA) is 52.7 Å². The van der Waals surface area contributed by atoms with Gasteiger partial charge in [-0.3, -0.25) is 9.59 Å². The van der Waals surface area contributed by atoms with Crippen molar-refractivity contribution in [1.82, 2.24) is 10.2 Å². The SMILES string of the molecule is C[C@@H](CC(=O)NCC(=O)N1CCN(c2ccccc2)CC1)C1CC1. The summed E-state index contributed by atoms with van der Waals surface area (Å²) in [4.78, 5) is 28.3. The van der Waals surface area contributed by atoms with Crippen LogP contribution in [-0.4, -0.2) is 49.4 Å². The number of piperazine rings is 1. The first-order valence-corrected chi connectivity index (χ1v) is 8.98. The Balaban J connectivity index is 1.38. The molecule has 24 heavy (non-hydrogen) atoms. The first-order chi connectivity index (χ1) is 11.6. The number of para-hydroxylation sites is 1. The number of nitrogens with one attached hydrogen (secondary N) is 1. The number of hydrogen-bond donors (Lipinski definition) is 1. The van der Waals surface area contributed by atoms with Crippen molar-refractivity contribution in [2.75, 3.05) is 37.6 Å². The lowest BCUT2D eigenvalue weighted by Gasteiger charge is -2.36. The summed E-state index contributed by atoms with van der Waals surface area (Å²) in [5.74, 6) is 1.19. The van der Waals surface area contributed by atoms with Gasteiger partial charge in [-0.25, -0.2) is 0 Å². The second kappa shape index (κ2) is 7.69. The van der Waals surface area contributed by atoms with E-state index in [1.54, 1.807) is 0 Å². The Morgan fingerprint density at radius 1 is 1.12 bits per heavy atom. The van der Waals surface area contributed by atoms with E-state index in [9.17, 15) is 9.59 Å². The Morgan fingerprint density at radius 3 is 2.42 bits per heavy atom. The van der Waals surface area contributed by atoms with Gasteiger partial charge in [0.15, 0.2) is 0 Å². The van der Waals surface area contributed by atoms with E-state index in [4.69, 9.17) is 0 Å². The Morgan fingerprint density at radius 2 is 1.79 bits per heavy atom. The number of rotatable bonds is 6. The van der Waals surface area contributed by atoms with Crippen molar-refractivity contribution < 1.29 is 9.59 Å². The molecule has 1 aliphatic heterocycles. The molecule has 1 atom stereocenters. The number of carbonyl (C=O) groups is 2. The lowest BCUT2D eigenvalue weighted by Crippen LogP contribution is -2.51. The van der Waals surface area contributed by atoms with Gasteiger partial charge in [0, 0.05) is 38.3 Å². The summed E-state index contributed by atoms with van der Waals surface area (Å²) < 4.78 is 0. The number of amides is 2. The molecule has 1 heterocycles. The van der Waals surface area contributed by atoms with Crippen molar-refractivity contribution >= 4 is 17.5 Å². The minimum absolute atomic E-state index is 0.00525. The van der Waals surface area contributed by atoms with Crippen molar-refractivity contribution in [2.24, 2.45) is 11.8 Å². The van der Waals surface area contributed by atoms with Gasteiger partial charge in [0.1, 0.15) is 0 Å². The highest BCUT2D eigenvalue weighted by Gasteiger charge is 2.29. The number of hydrogen-bond acceptors (Lipinski definition) is 3. The van der Waals surface area contributed by atoms with Crippen molar-refractivity contribution in [3.05, 3.63) is 30.3 Å². The smallest absolute Gasteiger partial charge is 0.242 e. The monoisotopic (exact) mass is 329 g/mol. The molecule has 0 bridgehead atoms. The van der Waals surface area contributed by atoms with Gasteiger partial charge in [0.05, 0.1) is 6.54 Å². The highest BCUT2D eigenvalue weighted by Crippen LogP contribution is 2.37. The van der Waals surface area contributed by atoms with Gasteiger partial charge in [0.2, 0.25) is 11.8 Å². The van der Waals surface area contributed by atoms with Gasteiger partial charge in [-0.15, -0.1) is 0 Å². The van der Waals surface area contributed by atoms with E-state index in [1.165, 1.54) is 18.5 Å². The molecule has 130 valence electrons. The summed E-state index contributed by atoms with van der Waals surface area (Å²) in [6.07, 6.45) is 3.04. The van der Waals surface area contributed by atoms with Crippen LogP contribution >= 0.6 is 0 Å². The van der Waals surface area contributed by atoms with Gasteiger partial charge in [0.25, 0.3) is 0 Å². The Kier molecular flexibility index (Phi) is 5.38. The molecule has 1 aromatic rings. The van der Waals surface area contributed by atoms with Gasteiger partial charge < -0.3 is 15.1 Å². The zero-order valence-corrected chi connectivity index (χ0v) is 14.4. The minimum Gasteiger partial charge on any atom is -0.368 e. The molecule has 0 unspecified atom stereocenters. The summed E-state index contributed by atoms with van der Waals surface area (Å²) in [6, 6.07) is 10.3. The average Bonchev–Trinajstić information content (AvgIpc) is 3.46. The van der Waals surface area contributed by atoms with E-state index < -0.39 is 0 Å². The van der Waals surface area contributed by atoms with Crippen LogP contribution in [0.1, 0.15) is 26.2 Å². The third kappa shape index (κ3) is 4.49. The second-order valence-corrected chi connectivity index (χ2v) is 7.00. The molecular weight excluding hydrogens is 302 g/mol. The summed E-state index contributed by atoms with van der Waals surface area (Å²) >= 11 is 0. The van der Waals surface area contributed by atoms with E-state index >= 15 is 0 Å². The van der Waals surface area contributed by atoms with Crippen molar-refractivity contribution in [3.8, 4) is 0 Å². The van der Waals surface area contributed by atoms with Crippen molar-refractivity contribution in [1.29, 1.82) is 0 Å². The zero-order valence-electron chi connectivity index (χ0n) is 14.4. The van der Waals surface area contributed by atoms with Crippen LogP contribution in [0.3, 0.4) is 0 Å². The van der Waals surface area contributed by atoms with Crippen LogP contribution in [0.25, 0.3) is 0 Å². The quantitative estimate of drug-likeness (QED) is 0.867. The molecule has 0 radical (unpaired) electrons. The van der Waals surface area contributed by atoms with Gasteiger partial charge in [-0.2, -0.15) is 0 Å². The standard InChI is InChI=1S/C19H27N3O2/c1-15(16-7-8-16)13-18(23)20-14-19(24)22-11-9-21(10-12-22)17-5-3-2-4-6-17/h2-6,15-16H,7-14H2,1H3,(H,20,23)/t15-/m0/s1. The lowest BCUT2D eigenvalue weighted by molar-refractivity contribution is -0.133. The first-order valence-electron chi connectivity index (χ1n) is 8.98. The molecule has 1 saturated heterocycles. The van der Waals surface area contributed by atoms with E-state index in [2.05, 4.69) is 29.3 Å². The van der Waals surface area contributed by atoms with Crippen LogP contribution in [0.5, 0.6) is 0 Å². The Labute approximate surface area is 144 Å². The molecule has 5 heteroatoms. The molecule has 2 aliphatic rings. The zero-order chi connectivity index (χ0) is 16.9. The fraction of sp³-hybridized carbons (Fsp3) is 0.579. The van der Waals surface area contributed by atoms with Crippen LogP contribution in [0, 0.1) is 11.8 Å². The van der Waals surface area contributed by atoms with Crippen LogP contribution < -0.4 is 10.2 Å². The molecule has 1 aliphatic carbocycles.